The summed E-state index contributed by atoms with van der Waals surface area (Å²) in [6, 6.07) is 6.14. The molecule has 1 rings (SSSR count). The average molecular weight is 291 g/mol. The molecule has 0 fully saturated rings. The first-order chi connectivity index (χ1) is 9.05. The van der Waals surface area contributed by atoms with Gasteiger partial charge in [-0.1, -0.05) is 0 Å². The van der Waals surface area contributed by atoms with Crippen molar-refractivity contribution in [3.63, 3.8) is 0 Å². The van der Waals surface area contributed by atoms with Gasteiger partial charge in [0.05, 0.1) is 0 Å². The molecule has 111 valence electrons. The number of rotatable bonds is 3. The predicted octanol–water partition coefficient (Wildman–Crippen LogP) is 3.74. The molecule has 0 N–H and O–H groups in total. The van der Waals surface area contributed by atoms with Crippen molar-refractivity contribution in [2.24, 2.45) is 0 Å². The molecular weight excluding hydrogens is 277 g/mol. The summed E-state index contributed by atoms with van der Waals surface area (Å²) in [6.07, 6.45) is -5.40. The zero-order valence-corrected chi connectivity index (χ0v) is 11.2. The van der Waals surface area contributed by atoms with Crippen molar-refractivity contribution < 1.29 is 32.2 Å². The molecule has 0 saturated carbocycles. The number of alkyl halides is 3. The largest absolute Gasteiger partial charge is 0.514 e. The van der Waals surface area contributed by atoms with E-state index in [9.17, 15) is 18.0 Å². The number of hydrogen-bond donors (Lipinski definition) is 0. The van der Waals surface area contributed by atoms with Crippen LogP contribution in [0.25, 0.3) is 0 Å². The number of benzene rings is 1. The van der Waals surface area contributed by atoms with Gasteiger partial charge in [0.15, 0.2) is 6.61 Å². The van der Waals surface area contributed by atoms with E-state index in [0.29, 0.717) is 0 Å². The third-order valence-electron chi connectivity index (χ3n) is 1.73. The first kappa shape index (κ1) is 16.1. The molecule has 0 saturated heterocycles. The third-order valence-corrected chi connectivity index (χ3v) is 1.73. The lowest BCUT2D eigenvalue weighted by Gasteiger charge is -2.18. The maximum absolute atomic E-state index is 12.0. The fourth-order valence-corrected chi connectivity index (χ4v) is 1.10. The molecule has 0 aromatic heterocycles. The van der Waals surface area contributed by atoms with Crippen LogP contribution in [0.5, 0.6) is 11.5 Å². The summed E-state index contributed by atoms with van der Waals surface area (Å²) in [5.41, 5.74) is -0.731. The summed E-state index contributed by atoms with van der Waals surface area (Å²) in [6.45, 7) is 3.53. The third kappa shape index (κ3) is 6.86. The fourth-order valence-electron chi connectivity index (χ4n) is 1.10. The summed E-state index contributed by atoms with van der Waals surface area (Å²) >= 11 is 0. The molecule has 0 atom stereocenters. The number of carbonyl (C=O) groups is 1. The Morgan fingerprint density at radius 2 is 1.80 bits per heavy atom. The van der Waals surface area contributed by atoms with Crippen molar-refractivity contribution >= 4 is 6.16 Å². The molecule has 1 aromatic carbocycles. The predicted molar refractivity (Wildman–Crippen MR) is 63.7 cm³/mol. The quantitative estimate of drug-likeness (QED) is 0.628. The van der Waals surface area contributed by atoms with E-state index >= 15 is 0 Å². The molecule has 4 nitrogen and oxygen atoms in total. The number of halogens is 3. The summed E-state index contributed by atoms with van der Waals surface area (Å²) in [7, 11) is 0. The molecule has 1 radical (unpaired) electrons. The molecule has 7 heteroatoms. The van der Waals surface area contributed by atoms with Crippen LogP contribution >= 0.6 is 0 Å². The van der Waals surface area contributed by atoms with Crippen LogP contribution in [0.1, 0.15) is 20.8 Å². The Balaban J connectivity index is 2.62. The second kappa shape index (κ2) is 6.02. The minimum absolute atomic E-state index is 0.0149. The van der Waals surface area contributed by atoms with E-state index in [1.807, 2.05) is 0 Å². The van der Waals surface area contributed by atoms with Gasteiger partial charge in [0.1, 0.15) is 17.1 Å². The highest BCUT2D eigenvalue weighted by atomic mass is 19.4. The van der Waals surface area contributed by atoms with E-state index in [2.05, 4.69) is 10.8 Å². The van der Waals surface area contributed by atoms with Crippen LogP contribution in [0.3, 0.4) is 0 Å². The van der Waals surface area contributed by atoms with Crippen LogP contribution in [0, 0.1) is 6.07 Å². The van der Waals surface area contributed by atoms with E-state index in [-0.39, 0.29) is 11.5 Å². The van der Waals surface area contributed by atoms with Crippen LogP contribution in [0.2, 0.25) is 0 Å². The van der Waals surface area contributed by atoms with Crippen LogP contribution in [-0.4, -0.2) is 24.5 Å². The van der Waals surface area contributed by atoms with Crippen molar-refractivity contribution in [1.29, 1.82) is 0 Å². The van der Waals surface area contributed by atoms with Gasteiger partial charge in [0.25, 0.3) is 0 Å². The van der Waals surface area contributed by atoms with Crippen molar-refractivity contribution in [1.82, 2.24) is 0 Å². The Morgan fingerprint density at radius 3 is 2.35 bits per heavy atom. The maximum Gasteiger partial charge on any atom is 0.514 e. The van der Waals surface area contributed by atoms with E-state index in [1.165, 1.54) is 12.1 Å². The average Bonchev–Trinajstić information content (AvgIpc) is 2.23. The minimum Gasteiger partial charge on any atom is -0.484 e. The van der Waals surface area contributed by atoms with Gasteiger partial charge in [0.2, 0.25) is 0 Å². The Bertz CT molecular complexity index is 463. The number of ether oxygens (including phenoxy) is 3. The summed E-state index contributed by atoms with van der Waals surface area (Å²) < 4.78 is 50.2. The van der Waals surface area contributed by atoms with Crippen molar-refractivity contribution in [3.05, 3.63) is 24.3 Å². The SMILES string of the molecule is CC(C)(C)OC(=O)Oc1c[c]cc(OCC(F)(F)F)c1. The molecule has 0 bridgehead atoms. The molecule has 0 aliphatic carbocycles. The van der Waals surface area contributed by atoms with Crippen LogP contribution < -0.4 is 9.47 Å². The molecule has 0 amide bonds. The van der Waals surface area contributed by atoms with Gasteiger partial charge >= 0.3 is 12.3 Å². The summed E-state index contributed by atoms with van der Waals surface area (Å²) in [5, 5.41) is 0. The zero-order valence-electron chi connectivity index (χ0n) is 11.2. The summed E-state index contributed by atoms with van der Waals surface area (Å²) in [5.74, 6) is -0.123. The van der Waals surface area contributed by atoms with Gasteiger partial charge in [-0.2, -0.15) is 13.2 Å². The molecule has 0 unspecified atom stereocenters. The van der Waals surface area contributed by atoms with Gasteiger partial charge < -0.3 is 14.2 Å². The monoisotopic (exact) mass is 291 g/mol. The standard InChI is InChI=1S/C13H14F3O4/c1-12(2,3)20-11(17)19-10-6-4-5-9(7-10)18-8-13(14,15)16/h5-7H,8H2,1-3H3. The molecule has 0 heterocycles. The lowest BCUT2D eigenvalue weighted by atomic mass is 10.2. The van der Waals surface area contributed by atoms with Crippen LogP contribution in [0.15, 0.2) is 18.2 Å². The van der Waals surface area contributed by atoms with E-state index in [0.717, 1.165) is 6.07 Å². The van der Waals surface area contributed by atoms with Gasteiger partial charge in [-0.05, 0) is 39.0 Å². The second-order valence-corrected chi connectivity index (χ2v) is 4.87. The van der Waals surface area contributed by atoms with Gasteiger partial charge in [0, 0.05) is 6.07 Å². The van der Waals surface area contributed by atoms with Gasteiger partial charge in [-0.15, -0.1) is 0 Å². The Hall–Kier alpha value is -1.92. The topological polar surface area (TPSA) is 44.8 Å². The van der Waals surface area contributed by atoms with Crippen molar-refractivity contribution in [3.8, 4) is 11.5 Å². The highest BCUT2D eigenvalue weighted by Gasteiger charge is 2.28. The lowest BCUT2D eigenvalue weighted by Crippen LogP contribution is -2.26. The minimum atomic E-state index is -4.44. The molecule has 1 aromatic rings. The smallest absolute Gasteiger partial charge is 0.484 e. The van der Waals surface area contributed by atoms with Crippen molar-refractivity contribution in [2.75, 3.05) is 6.61 Å². The van der Waals surface area contributed by atoms with E-state index < -0.39 is 24.5 Å². The molecule has 0 aliphatic rings. The lowest BCUT2D eigenvalue weighted by molar-refractivity contribution is -0.153. The van der Waals surface area contributed by atoms with E-state index in [1.54, 1.807) is 20.8 Å². The first-order valence-electron chi connectivity index (χ1n) is 5.67. The molecule has 0 aliphatic heterocycles. The van der Waals surface area contributed by atoms with Crippen molar-refractivity contribution in [2.45, 2.75) is 32.5 Å². The zero-order chi connectivity index (χ0) is 15.4. The normalized spacial score (nSPS) is 11.9. The highest BCUT2D eigenvalue weighted by molar-refractivity contribution is 5.64. The number of hydrogen-bond acceptors (Lipinski definition) is 4. The Morgan fingerprint density at radius 1 is 1.20 bits per heavy atom. The molecule has 20 heavy (non-hydrogen) atoms. The second-order valence-electron chi connectivity index (χ2n) is 4.87. The summed E-state index contributed by atoms with van der Waals surface area (Å²) in [4.78, 5) is 11.4. The highest BCUT2D eigenvalue weighted by Crippen LogP contribution is 2.23. The number of carbonyl (C=O) groups excluding carboxylic acids is 1. The molecular formula is C13H14F3O4. The van der Waals surface area contributed by atoms with E-state index in [4.69, 9.17) is 9.47 Å². The van der Waals surface area contributed by atoms with Crippen LogP contribution in [0.4, 0.5) is 18.0 Å². The fraction of sp³-hybridized carbons (Fsp3) is 0.462. The van der Waals surface area contributed by atoms with Crippen LogP contribution in [-0.2, 0) is 4.74 Å². The Kier molecular flexibility index (Phi) is 4.86. The van der Waals surface area contributed by atoms with Gasteiger partial charge in [-0.3, -0.25) is 0 Å². The first-order valence-corrected chi connectivity index (χ1v) is 5.67. The van der Waals surface area contributed by atoms with Gasteiger partial charge in [-0.25, -0.2) is 4.79 Å². The molecule has 0 spiro atoms. The Labute approximate surface area is 114 Å². The maximum atomic E-state index is 12.0.